The number of nitriles is 1. The molecule has 4 aromatic rings. The van der Waals surface area contributed by atoms with Gasteiger partial charge in [0.25, 0.3) is 5.91 Å². The van der Waals surface area contributed by atoms with E-state index in [2.05, 4.69) is 10.4 Å². The van der Waals surface area contributed by atoms with Crippen molar-refractivity contribution in [3.05, 3.63) is 76.8 Å². The number of carbonyl (C=O) groups excluding carboxylic acids is 2. The maximum absolute atomic E-state index is 12.5. The summed E-state index contributed by atoms with van der Waals surface area (Å²) in [6.07, 6.45) is 0. The first-order valence-corrected chi connectivity index (χ1v) is 9.88. The first kappa shape index (κ1) is 19.4. The van der Waals surface area contributed by atoms with Gasteiger partial charge in [0.1, 0.15) is 9.71 Å². The molecule has 0 fully saturated rings. The third kappa shape index (κ3) is 3.92. The highest BCUT2D eigenvalue weighted by molar-refractivity contribution is 7.20. The predicted molar refractivity (Wildman–Crippen MR) is 114 cm³/mol. The van der Waals surface area contributed by atoms with Gasteiger partial charge in [-0.15, -0.1) is 11.3 Å². The number of fused-ring (bicyclic) bond motifs is 1. The van der Waals surface area contributed by atoms with E-state index in [0.717, 1.165) is 21.6 Å². The Bertz CT molecular complexity index is 1270. The fraction of sp³-hybridized carbons (Fsp3) is 0.0909. The smallest absolute Gasteiger partial charge is 0.348 e. The van der Waals surface area contributed by atoms with Crippen molar-refractivity contribution in [2.24, 2.45) is 0 Å². The number of aromatic nitrogens is 2. The van der Waals surface area contributed by atoms with Crippen LogP contribution in [0, 0.1) is 18.3 Å². The Labute approximate surface area is 176 Å². The van der Waals surface area contributed by atoms with E-state index in [9.17, 15) is 9.59 Å². The van der Waals surface area contributed by atoms with Gasteiger partial charge in [-0.05, 0) is 49.4 Å². The van der Waals surface area contributed by atoms with Gasteiger partial charge in [-0.25, -0.2) is 9.48 Å². The van der Waals surface area contributed by atoms with Crippen molar-refractivity contribution in [2.75, 3.05) is 11.9 Å². The van der Waals surface area contributed by atoms with Gasteiger partial charge in [0.2, 0.25) is 0 Å². The van der Waals surface area contributed by atoms with Gasteiger partial charge in [0.05, 0.1) is 23.0 Å². The number of benzene rings is 2. The third-order valence-electron chi connectivity index (χ3n) is 4.38. The summed E-state index contributed by atoms with van der Waals surface area (Å²) in [5, 5.41) is 16.8. The fourth-order valence-corrected chi connectivity index (χ4v) is 4.00. The Hall–Kier alpha value is -3.96. The lowest BCUT2D eigenvalue weighted by atomic mass is 10.2. The van der Waals surface area contributed by atoms with Crippen LogP contribution in [0.3, 0.4) is 0 Å². The van der Waals surface area contributed by atoms with Crippen LogP contribution in [0.4, 0.5) is 5.69 Å². The molecule has 0 aliphatic carbocycles. The molecule has 7 nitrogen and oxygen atoms in total. The molecule has 2 heterocycles. The number of amides is 1. The minimum Gasteiger partial charge on any atom is -0.451 e. The molecule has 0 unspecified atom stereocenters. The Balaban J connectivity index is 1.44. The SMILES string of the molecule is Cc1nn(-c2ccccc2)c2sc(C(=O)OCC(=O)Nc3ccc(C#N)cc3)cc12. The molecular formula is C22H16N4O3S. The molecule has 0 saturated heterocycles. The van der Waals surface area contributed by atoms with Gasteiger partial charge in [0, 0.05) is 11.1 Å². The molecular weight excluding hydrogens is 400 g/mol. The Morgan fingerprint density at radius 3 is 2.60 bits per heavy atom. The highest BCUT2D eigenvalue weighted by atomic mass is 32.1. The zero-order chi connectivity index (χ0) is 21.1. The van der Waals surface area contributed by atoms with E-state index in [0.29, 0.717) is 16.1 Å². The summed E-state index contributed by atoms with van der Waals surface area (Å²) in [6, 6.07) is 19.8. The zero-order valence-electron chi connectivity index (χ0n) is 16.0. The van der Waals surface area contributed by atoms with Crippen LogP contribution in [0.2, 0.25) is 0 Å². The average Bonchev–Trinajstić information content (AvgIpc) is 3.34. The number of ether oxygens (including phenoxy) is 1. The van der Waals surface area contributed by atoms with Crippen LogP contribution in [-0.2, 0) is 9.53 Å². The number of para-hydroxylation sites is 1. The van der Waals surface area contributed by atoms with E-state index < -0.39 is 18.5 Å². The van der Waals surface area contributed by atoms with Crippen LogP contribution in [-0.4, -0.2) is 28.3 Å². The van der Waals surface area contributed by atoms with Crippen LogP contribution in [0.25, 0.3) is 15.9 Å². The van der Waals surface area contributed by atoms with Crippen molar-refractivity contribution in [2.45, 2.75) is 6.92 Å². The molecule has 0 radical (unpaired) electrons. The van der Waals surface area contributed by atoms with E-state index in [1.807, 2.05) is 43.3 Å². The van der Waals surface area contributed by atoms with Crippen molar-refractivity contribution < 1.29 is 14.3 Å². The van der Waals surface area contributed by atoms with Crippen LogP contribution in [0.5, 0.6) is 0 Å². The van der Waals surface area contributed by atoms with Crippen LogP contribution in [0.15, 0.2) is 60.7 Å². The Morgan fingerprint density at radius 2 is 1.90 bits per heavy atom. The number of carbonyl (C=O) groups is 2. The van der Waals surface area contributed by atoms with Crippen molar-refractivity contribution in [3.8, 4) is 11.8 Å². The molecule has 1 amide bonds. The van der Waals surface area contributed by atoms with E-state index in [-0.39, 0.29) is 0 Å². The number of aryl methyl sites for hydroxylation is 1. The normalized spacial score (nSPS) is 10.5. The summed E-state index contributed by atoms with van der Waals surface area (Å²) >= 11 is 1.27. The van der Waals surface area contributed by atoms with Gasteiger partial charge < -0.3 is 10.1 Å². The molecule has 4 rings (SSSR count). The number of esters is 1. The lowest BCUT2D eigenvalue weighted by Crippen LogP contribution is -2.20. The lowest BCUT2D eigenvalue weighted by Gasteiger charge is -2.06. The summed E-state index contributed by atoms with van der Waals surface area (Å²) in [7, 11) is 0. The quantitative estimate of drug-likeness (QED) is 0.495. The lowest BCUT2D eigenvalue weighted by molar-refractivity contribution is -0.119. The second-order valence-electron chi connectivity index (χ2n) is 6.48. The van der Waals surface area contributed by atoms with E-state index >= 15 is 0 Å². The van der Waals surface area contributed by atoms with Gasteiger partial charge in [-0.3, -0.25) is 4.79 Å². The summed E-state index contributed by atoms with van der Waals surface area (Å²) in [6.45, 7) is 1.48. The highest BCUT2D eigenvalue weighted by Gasteiger charge is 2.19. The van der Waals surface area contributed by atoms with Crippen LogP contribution >= 0.6 is 11.3 Å². The molecule has 148 valence electrons. The standard InChI is InChI=1S/C22H16N4O3S/c1-14-18-11-19(30-21(18)26(25-14)17-5-3-2-4-6-17)22(28)29-13-20(27)24-16-9-7-15(12-23)8-10-16/h2-11H,13H2,1H3,(H,24,27). The van der Waals surface area contributed by atoms with E-state index in [1.54, 1.807) is 35.0 Å². The highest BCUT2D eigenvalue weighted by Crippen LogP contribution is 2.30. The average molecular weight is 416 g/mol. The van der Waals surface area contributed by atoms with Crippen molar-refractivity contribution in [1.29, 1.82) is 5.26 Å². The summed E-state index contributed by atoms with van der Waals surface area (Å²) in [5.41, 5.74) is 2.73. The molecule has 0 atom stereocenters. The third-order valence-corrected chi connectivity index (χ3v) is 5.47. The number of hydrogen-bond acceptors (Lipinski definition) is 6. The number of nitrogens with one attached hydrogen (secondary N) is 1. The molecule has 0 bridgehead atoms. The maximum atomic E-state index is 12.5. The van der Waals surface area contributed by atoms with E-state index in [1.165, 1.54) is 11.3 Å². The molecule has 0 spiro atoms. The summed E-state index contributed by atoms with van der Waals surface area (Å²) in [4.78, 5) is 25.8. The van der Waals surface area contributed by atoms with Crippen LogP contribution in [0.1, 0.15) is 20.9 Å². The predicted octanol–water partition coefficient (Wildman–Crippen LogP) is 4.06. The first-order valence-electron chi connectivity index (χ1n) is 9.07. The number of nitrogens with zero attached hydrogens (tertiary/aromatic N) is 3. The van der Waals surface area contributed by atoms with Crippen molar-refractivity contribution in [1.82, 2.24) is 9.78 Å². The van der Waals surface area contributed by atoms with Gasteiger partial charge in [0.15, 0.2) is 6.61 Å². The second kappa shape index (κ2) is 8.19. The molecule has 0 aliphatic rings. The largest absolute Gasteiger partial charge is 0.451 e. The second-order valence-corrected chi connectivity index (χ2v) is 7.51. The number of rotatable bonds is 5. The molecule has 0 saturated carbocycles. The molecule has 2 aromatic carbocycles. The number of anilines is 1. The van der Waals surface area contributed by atoms with E-state index in [4.69, 9.17) is 10.00 Å². The minimum atomic E-state index is -0.565. The topological polar surface area (TPSA) is 97.0 Å². The van der Waals surface area contributed by atoms with Gasteiger partial charge >= 0.3 is 5.97 Å². The molecule has 2 aromatic heterocycles. The molecule has 30 heavy (non-hydrogen) atoms. The van der Waals surface area contributed by atoms with Gasteiger partial charge in [-0.1, -0.05) is 18.2 Å². The summed E-state index contributed by atoms with van der Waals surface area (Å²) < 4.78 is 6.96. The number of thiophene rings is 1. The molecule has 8 heteroatoms. The fourth-order valence-electron chi connectivity index (χ4n) is 2.92. The summed E-state index contributed by atoms with van der Waals surface area (Å²) in [5.74, 6) is -1.02. The first-order chi connectivity index (χ1) is 14.5. The number of hydrogen-bond donors (Lipinski definition) is 1. The van der Waals surface area contributed by atoms with Crippen molar-refractivity contribution >= 4 is 39.1 Å². The van der Waals surface area contributed by atoms with Crippen LogP contribution < -0.4 is 5.32 Å². The maximum Gasteiger partial charge on any atom is 0.348 e. The zero-order valence-corrected chi connectivity index (χ0v) is 16.8. The molecule has 0 aliphatic heterocycles. The Morgan fingerprint density at radius 1 is 1.17 bits per heavy atom. The van der Waals surface area contributed by atoms with Gasteiger partial charge in [-0.2, -0.15) is 10.4 Å². The Kier molecular flexibility index (Phi) is 5.28. The molecule has 1 N–H and O–H groups in total. The van der Waals surface area contributed by atoms with Crippen molar-refractivity contribution in [3.63, 3.8) is 0 Å². The monoisotopic (exact) mass is 416 g/mol. The minimum absolute atomic E-state index is 0.404.